The first-order chi connectivity index (χ1) is 12.5. The summed E-state index contributed by atoms with van der Waals surface area (Å²) in [6.07, 6.45) is 2.56. The first kappa shape index (κ1) is 18.3. The highest BCUT2D eigenvalue weighted by Gasteiger charge is 2.29. The standard InChI is InChI=1S/C17H18ClN5O2S/c18-13-4-6-14(7-5-13)20-17(26)22-10-2-9-21(11-12-22)16-15(23(24)25)3-1-8-19-16/h1,3-8H,2,9-12H2,(H,20,26)/p+1. The molecule has 0 amide bonds. The van der Waals surface area contributed by atoms with Gasteiger partial charge in [-0.15, -0.1) is 0 Å². The summed E-state index contributed by atoms with van der Waals surface area (Å²) < 4.78 is 0. The second-order valence-electron chi connectivity index (χ2n) is 5.93. The molecule has 0 spiro atoms. The van der Waals surface area contributed by atoms with Crippen LogP contribution >= 0.6 is 23.8 Å². The average molecular weight is 393 g/mol. The van der Waals surface area contributed by atoms with Crippen molar-refractivity contribution in [1.82, 2.24) is 4.90 Å². The Balaban J connectivity index is 1.66. The van der Waals surface area contributed by atoms with Crippen molar-refractivity contribution in [3.05, 3.63) is 57.7 Å². The van der Waals surface area contributed by atoms with Gasteiger partial charge in [0, 0.05) is 29.7 Å². The largest absolute Gasteiger partial charge is 0.357 e. The summed E-state index contributed by atoms with van der Waals surface area (Å²) in [6.45, 7) is 2.83. The van der Waals surface area contributed by atoms with Crippen molar-refractivity contribution in [2.45, 2.75) is 6.42 Å². The predicted octanol–water partition coefficient (Wildman–Crippen LogP) is 2.97. The predicted molar refractivity (Wildman–Crippen MR) is 106 cm³/mol. The van der Waals surface area contributed by atoms with Gasteiger partial charge in [0.15, 0.2) is 5.11 Å². The molecule has 2 aromatic rings. The molecule has 7 nitrogen and oxygen atoms in total. The molecule has 3 rings (SSSR count). The Hall–Kier alpha value is -2.45. The smallest absolute Gasteiger partial charge is 0.345 e. The minimum absolute atomic E-state index is 0.0859. The summed E-state index contributed by atoms with van der Waals surface area (Å²) in [5, 5.41) is 15.8. The number of hydrogen-bond donors (Lipinski definition) is 1. The normalized spacial score (nSPS) is 14.7. The molecular formula is C17H19ClN5O2S+. The van der Waals surface area contributed by atoms with Crippen LogP contribution < -0.4 is 15.2 Å². The number of nitrogens with one attached hydrogen (secondary N) is 2. The molecule has 2 heterocycles. The molecular weight excluding hydrogens is 374 g/mol. The summed E-state index contributed by atoms with van der Waals surface area (Å²) in [7, 11) is 0. The minimum atomic E-state index is -0.360. The van der Waals surface area contributed by atoms with Crippen molar-refractivity contribution in [2.24, 2.45) is 0 Å². The van der Waals surface area contributed by atoms with Crippen molar-refractivity contribution < 1.29 is 9.91 Å². The van der Waals surface area contributed by atoms with E-state index in [1.54, 1.807) is 24.4 Å². The Morgan fingerprint density at radius 3 is 2.69 bits per heavy atom. The van der Waals surface area contributed by atoms with Gasteiger partial charge in [-0.1, -0.05) is 11.6 Å². The third-order valence-electron chi connectivity index (χ3n) is 4.20. The van der Waals surface area contributed by atoms with Gasteiger partial charge >= 0.3 is 11.5 Å². The molecule has 1 saturated heterocycles. The number of H-pyrrole nitrogens is 1. The maximum absolute atomic E-state index is 11.3. The van der Waals surface area contributed by atoms with Crippen LogP contribution in [0.5, 0.6) is 0 Å². The van der Waals surface area contributed by atoms with Crippen LogP contribution in [0.15, 0.2) is 42.6 Å². The van der Waals surface area contributed by atoms with Crippen LogP contribution in [-0.2, 0) is 0 Å². The number of pyridine rings is 1. The number of aromatic nitrogens is 1. The summed E-state index contributed by atoms with van der Waals surface area (Å²) in [5.41, 5.74) is 0.968. The first-order valence-corrected chi connectivity index (χ1v) is 9.05. The van der Waals surface area contributed by atoms with Crippen molar-refractivity contribution in [3.63, 3.8) is 0 Å². The molecule has 9 heteroatoms. The van der Waals surface area contributed by atoms with Gasteiger partial charge in [-0.25, -0.2) is 4.98 Å². The van der Waals surface area contributed by atoms with E-state index in [9.17, 15) is 10.1 Å². The fraction of sp³-hybridized carbons (Fsp3) is 0.294. The van der Waals surface area contributed by atoms with Gasteiger partial charge in [0.25, 0.3) is 0 Å². The van der Waals surface area contributed by atoms with E-state index in [0.717, 1.165) is 25.2 Å². The molecule has 1 aliphatic rings. The highest BCUT2D eigenvalue weighted by Crippen LogP contribution is 2.23. The minimum Gasteiger partial charge on any atom is -0.345 e. The van der Waals surface area contributed by atoms with Gasteiger partial charge in [-0.2, -0.15) is 0 Å². The molecule has 136 valence electrons. The Morgan fingerprint density at radius 2 is 1.96 bits per heavy atom. The second-order valence-corrected chi connectivity index (χ2v) is 6.75. The quantitative estimate of drug-likeness (QED) is 0.491. The number of nitrogens with zero attached hydrogens (tertiary/aromatic N) is 3. The van der Waals surface area contributed by atoms with Crippen LogP contribution in [-0.4, -0.2) is 41.1 Å². The monoisotopic (exact) mass is 392 g/mol. The van der Waals surface area contributed by atoms with Crippen LogP contribution in [0.2, 0.25) is 5.02 Å². The zero-order chi connectivity index (χ0) is 18.5. The van der Waals surface area contributed by atoms with Crippen LogP contribution in [0, 0.1) is 10.1 Å². The lowest BCUT2D eigenvalue weighted by Crippen LogP contribution is -2.38. The molecule has 0 atom stereocenters. The van der Waals surface area contributed by atoms with Gasteiger partial charge in [0.1, 0.15) is 6.54 Å². The Kier molecular flexibility index (Phi) is 5.85. The number of aromatic amines is 1. The number of anilines is 2. The topological polar surface area (TPSA) is 75.8 Å². The van der Waals surface area contributed by atoms with Crippen LogP contribution in [0.25, 0.3) is 0 Å². The molecule has 2 N–H and O–H groups in total. The number of hydrogen-bond acceptors (Lipinski definition) is 4. The fourth-order valence-electron chi connectivity index (χ4n) is 2.90. The number of nitro groups is 1. The van der Waals surface area contributed by atoms with Crippen LogP contribution in [0.3, 0.4) is 0 Å². The molecule has 26 heavy (non-hydrogen) atoms. The van der Waals surface area contributed by atoms with Crippen LogP contribution in [0.1, 0.15) is 6.42 Å². The number of rotatable bonds is 3. The molecule has 0 radical (unpaired) electrons. The molecule has 1 aliphatic heterocycles. The van der Waals surface area contributed by atoms with E-state index in [1.807, 2.05) is 17.0 Å². The third kappa shape index (κ3) is 4.39. The molecule has 0 bridgehead atoms. The first-order valence-electron chi connectivity index (χ1n) is 8.26. The Morgan fingerprint density at radius 1 is 1.19 bits per heavy atom. The van der Waals surface area contributed by atoms with Crippen molar-refractivity contribution >= 4 is 46.1 Å². The van der Waals surface area contributed by atoms with E-state index in [4.69, 9.17) is 23.8 Å². The Bertz CT molecular complexity index is 802. The van der Waals surface area contributed by atoms with Crippen molar-refractivity contribution in [1.29, 1.82) is 0 Å². The number of halogens is 1. The van der Waals surface area contributed by atoms with Crippen molar-refractivity contribution in [3.8, 4) is 0 Å². The molecule has 1 aromatic heterocycles. The van der Waals surface area contributed by atoms with E-state index < -0.39 is 0 Å². The number of benzene rings is 1. The van der Waals surface area contributed by atoms with Gasteiger partial charge in [-0.3, -0.25) is 15.0 Å². The van der Waals surface area contributed by atoms with Crippen LogP contribution in [0.4, 0.5) is 17.2 Å². The molecule has 0 unspecified atom stereocenters. The molecule has 0 saturated carbocycles. The maximum atomic E-state index is 11.3. The molecule has 0 aliphatic carbocycles. The third-order valence-corrected chi connectivity index (χ3v) is 4.82. The zero-order valence-electron chi connectivity index (χ0n) is 14.0. The van der Waals surface area contributed by atoms with E-state index in [2.05, 4.69) is 15.2 Å². The lowest BCUT2D eigenvalue weighted by Gasteiger charge is -2.23. The number of thiocarbonyl (C=S) groups is 1. The summed E-state index contributed by atoms with van der Waals surface area (Å²) in [6, 6.07) is 10.5. The van der Waals surface area contributed by atoms with E-state index in [-0.39, 0.29) is 10.6 Å². The average Bonchev–Trinajstić information content (AvgIpc) is 2.90. The highest BCUT2D eigenvalue weighted by molar-refractivity contribution is 7.80. The maximum Gasteiger partial charge on any atom is 0.357 e. The van der Waals surface area contributed by atoms with E-state index in [1.165, 1.54) is 6.07 Å². The lowest BCUT2D eigenvalue weighted by molar-refractivity contribution is -0.411. The zero-order valence-corrected chi connectivity index (χ0v) is 15.6. The van der Waals surface area contributed by atoms with Gasteiger partial charge < -0.3 is 10.2 Å². The van der Waals surface area contributed by atoms with Crippen molar-refractivity contribution in [2.75, 3.05) is 36.4 Å². The van der Waals surface area contributed by atoms with E-state index in [0.29, 0.717) is 29.0 Å². The summed E-state index contributed by atoms with van der Waals surface area (Å²) >= 11 is 11.4. The van der Waals surface area contributed by atoms with Gasteiger partial charge in [0.2, 0.25) is 0 Å². The molecule has 1 aromatic carbocycles. The Labute approximate surface area is 161 Å². The SMILES string of the molecule is O=[N+]([O-])c1ccc[nH+]c1N1CCCN(C(=S)Nc2ccc(Cl)cc2)CC1. The second kappa shape index (κ2) is 8.29. The van der Waals surface area contributed by atoms with Gasteiger partial charge in [-0.05, 0) is 42.5 Å². The van der Waals surface area contributed by atoms with Gasteiger partial charge in [0.05, 0.1) is 24.2 Å². The summed E-state index contributed by atoms with van der Waals surface area (Å²) in [5.74, 6) is 0.538. The molecule has 1 fully saturated rings. The summed E-state index contributed by atoms with van der Waals surface area (Å²) in [4.78, 5) is 18.0. The van der Waals surface area contributed by atoms with E-state index >= 15 is 0 Å². The lowest BCUT2D eigenvalue weighted by atomic mass is 10.3. The highest BCUT2D eigenvalue weighted by atomic mass is 35.5. The fourth-order valence-corrected chi connectivity index (χ4v) is 3.33.